The summed E-state index contributed by atoms with van der Waals surface area (Å²) in [5.74, 6) is 0.938. The van der Waals surface area contributed by atoms with Crippen molar-refractivity contribution in [1.82, 2.24) is 10.1 Å². The molecule has 1 heterocycles. The molecule has 1 atom stereocenters. The molecule has 2 aromatic rings. The van der Waals surface area contributed by atoms with E-state index >= 15 is 0 Å². The molecule has 1 aromatic carbocycles. The molecule has 26 heavy (non-hydrogen) atoms. The first-order chi connectivity index (χ1) is 12.4. The summed E-state index contributed by atoms with van der Waals surface area (Å²) in [5.41, 5.74) is 7.31. The van der Waals surface area contributed by atoms with Crippen molar-refractivity contribution < 1.29 is 9.32 Å². The van der Waals surface area contributed by atoms with E-state index in [1.807, 2.05) is 57.3 Å². The maximum Gasteiger partial charge on any atom is 0.242 e. The van der Waals surface area contributed by atoms with E-state index in [2.05, 4.69) is 5.16 Å². The minimum atomic E-state index is -0.753. The number of aromatic nitrogens is 1. The van der Waals surface area contributed by atoms with Crippen molar-refractivity contribution in [2.45, 2.75) is 57.9 Å². The van der Waals surface area contributed by atoms with Crippen LogP contribution in [0.25, 0.3) is 11.3 Å². The molecule has 0 saturated heterocycles. The molecule has 1 aromatic heterocycles. The Balaban J connectivity index is 1.69. The lowest BCUT2D eigenvalue weighted by atomic mass is 9.96. The van der Waals surface area contributed by atoms with Crippen LogP contribution in [0.5, 0.6) is 0 Å². The zero-order chi connectivity index (χ0) is 19.0. The van der Waals surface area contributed by atoms with E-state index in [4.69, 9.17) is 10.3 Å². The molecule has 0 aliphatic rings. The van der Waals surface area contributed by atoms with Crippen molar-refractivity contribution in [3.63, 3.8) is 0 Å². The molecule has 5 heteroatoms. The molecule has 0 saturated carbocycles. The van der Waals surface area contributed by atoms with Gasteiger partial charge in [-0.05, 0) is 26.2 Å². The van der Waals surface area contributed by atoms with Crippen molar-refractivity contribution >= 4 is 5.91 Å². The summed E-state index contributed by atoms with van der Waals surface area (Å²) in [6, 6.07) is 12.0. The van der Waals surface area contributed by atoms with Crippen LogP contribution in [-0.2, 0) is 11.2 Å². The van der Waals surface area contributed by atoms with Crippen molar-refractivity contribution in [2.75, 3.05) is 13.6 Å². The highest BCUT2D eigenvalue weighted by atomic mass is 16.5. The summed E-state index contributed by atoms with van der Waals surface area (Å²) < 4.78 is 5.43. The van der Waals surface area contributed by atoms with Crippen LogP contribution in [0.15, 0.2) is 40.9 Å². The van der Waals surface area contributed by atoms with Gasteiger partial charge in [0.15, 0.2) is 0 Å². The molecule has 0 spiro atoms. The molecule has 2 rings (SSSR count). The Morgan fingerprint density at radius 3 is 2.65 bits per heavy atom. The number of rotatable bonds is 10. The van der Waals surface area contributed by atoms with Crippen LogP contribution in [-0.4, -0.2) is 35.1 Å². The first kappa shape index (κ1) is 20.2. The summed E-state index contributed by atoms with van der Waals surface area (Å²) in [4.78, 5) is 14.1. The second-order valence-corrected chi connectivity index (χ2v) is 7.25. The Labute approximate surface area is 156 Å². The van der Waals surface area contributed by atoms with Gasteiger partial charge in [0.25, 0.3) is 0 Å². The number of hydrogen-bond donors (Lipinski definition) is 1. The fourth-order valence-electron chi connectivity index (χ4n) is 3.16. The first-order valence-corrected chi connectivity index (χ1v) is 9.49. The summed E-state index contributed by atoms with van der Waals surface area (Å²) in [5, 5.41) is 4.14. The largest absolute Gasteiger partial charge is 0.361 e. The Hall–Kier alpha value is -2.14. The van der Waals surface area contributed by atoms with E-state index in [1.54, 1.807) is 4.90 Å². The van der Waals surface area contributed by atoms with Crippen molar-refractivity contribution in [3.8, 4) is 11.3 Å². The third-order valence-electron chi connectivity index (χ3n) is 4.65. The van der Waals surface area contributed by atoms with E-state index in [-0.39, 0.29) is 5.91 Å². The van der Waals surface area contributed by atoms with E-state index in [9.17, 15) is 4.79 Å². The average molecular weight is 357 g/mol. The monoisotopic (exact) mass is 357 g/mol. The number of unbranched alkanes of at least 4 members (excludes halogenated alkanes) is 2. The van der Waals surface area contributed by atoms with Crippen LogP contribution in [0.1, 0.15) is 51.7 Å². The molecule has 2 N–H and O–H groups in total. The van der Waals surface area contributed by atoms with Crippen molar-refractivity contribution in [3.05, 3.63) is 42.2 Å². The number of nitrogens with two attached hydrogens (primary N) is 1. The lowest BCUT2D eigenvalue weighted by Gasteiger charge is -2.29. The highest BCUT2D eigenvalue weighted by molar-refractivity contribution is 5.85. The summed E-state index contributed by atoms with van der Waals surface area (Å²) in [6.45, 7) is 4.61. The van der Waals surface area contributed by atoms with Crippen LogP contribution in [0.3, 0.4) is 0 Å². The Morgan fingerprint density at radius 1 is 1.23 bits per heavy atom. The van der Waals surface area contributed by atoms with Gasteiger partial charge in [0.2, 0.25) is 5.91 Å². The molecule has 0 bridgehead atoms. The van der Waals surface area contributed by atoms with Gasteiger partial charge in [-0.15, -0.1) is 0 Å². The van der Waals surface area contributed by atoms with Crippen LogP contribution in [0, 0.1) is 0 Å². The van der Waals surface area contributed by atoms with Crippen LogP contribution in [0.4, 0.5) is 0 Å². The Kier molecular flexibility index (Phi) is 7.39. The molecule has 0 aliphatic heterocycles. The molecule has 0 radical (unpaired) electrons. The minimum absolute atomic E-state index is 0.0297. The molecular formula is C21H31N3O2. The van der Waals surface area contributed by atoms with Gasteiger partial charge in [0, 0.05) is 31.6 Å². The third kappa shape index (κ3) is 5.70. The average Bonchev–Trinajstić information content (AvgIpc) is 3.10. The Morgan fingerprint density at radius 2 is 1.96 bits per heavy atom. The zero-order valence-electron chi connectivity index (χ0n) is 16.2. The number of hydrogen-bond acceptors (Lipinski definition) is 4. The van der Waals surface area contributed by atoms with E-state index in [1.165, 1.54) is 0 Å². The normalized spacial score (nSPS) is 13.4. The minimum Gasteiger partial charge on any atom is -0.361 e. The number of likely N-dealkylation sites (N-methyl/N-ethyl adjacent to an activating group) is 1. The van der Waals surface area contributed by atoms with Gasteiger partial charge in [0.1, 0.15) is 11.5 Å². The van der Waals surface area contributed by atoms with E-state index in [0.29, 0.717) is 6.42 Å². The second-order valence-electron chi connectivity index (χ2n) is 7.25. The fourth-order valence-corrected chi connectivity index (χ4v) is 3.16. The van der Waals surface area contributed by atoms with Gasteiger partial charge in [-0.2, -0.15) is 0 Å². The fraction of sp³-hybridized carbons (Fsp3) is 0.524. The lowest BCUT2D eigenvalue weighted by Crippen LogP contribution is -2.52. The Bertz CT molecular complexity index is 680. The quantitative estimate of drug-likeness (QED) is 0.652. The van der Waals surface area contributed by atoms with Gasteiger partial charge >= 0.3 is 0 Å². The van der Waals surface area contributed by atoms with Gasteiger partial charge in [-0.1, -0.05) is 55.3 Å². The molecule has 5 nitrogen and oxygen atoms in total. The number of carbonyl (C=O) groups is 1. The molecule has 0 aliphatic carbocycles. The number of benzene rings is 1. The summed E-state index contributed by atoms with van der Waals surface area (Å²) in [6.07, 6.45) is 5.50. The third-order valence-corrected chi connectivity index (χ3v) is 4.65. The molecule has 142 valence electrons. The lowest BCUT2D eigenvalue weighted by molar-refractivity contribution is -0.135. The maximum atomic E-state index is 12.4. The van der Waals surface area contributed by atoms with E-state index in [0.717, 1.165) is 55.7 Å². The van der Waals surface area contributed by atoms with Gasteiger partial charge in [-0.25, -0.2) is 0 Å². The number of amides is 1. The standard InChI is InChI=1S/C21H31N3O2/c1-4-14-21(2,22)20(25)24(3)15-10-6-9-13-18-16-19(23-26-18)17-11-7-5-8-12-17/h5,7-8,11-12,16H,4,6,9-10,13-15,22H2,1-3H3. The first-order valence-electron chi connectivity index (χ1n) is 9.49. The van der Waals surface area contributed by atoms with Gasteiger partial charge in [0.05, 0.1) is 5.54 Å². The highest BCUT2D eigenvalue weighted by Gasteiger charge is 2.29. The zero-order valence-corrected chi connectivity index (χ0v) is 16.2. The number of nitrogens with zero attached hydrogens (tertiary/aromatic N) is 2. The maximum absolute atomic E-state index is 12.4. The molecule has 1 amide bonds. The highest BCUT2D eigenvalue weighted by Crippen LogP contribution is 2.20. The molecular weight excluding hydrogens is 326 g/mol. The topological polar surface area (TPSA) is 72.4 Å². The van der Waals surface area contributed by atoms with Crippen LogP contribution >= 0.6 is 0 Å². The second kappa shape index (κ2) is 9.53. The molecule has 0 fully saturated rings. The van der Waals surface area contributed by atoms with Gasteiger partial charge in [-0.3, -0.25) is 4.79 Å². The summed E-state index contributed by atoms with van der Waals surface area (Å²) in [7, 11) is 1.84. The number of aryl methyl sites for hydroxylation is 1. The summed E-state index contributed by atoms with van der Waals surface area (Å²) >= 11 is 0. The smallest absolute Gasteiger partial charge is 0.242 e. The van der Waals surface area contributed by atoms with Crippen LogP contribution < -0.4 is 5.73 Å². The van der Waals surface area contributed by atoms with E-state index < -0.39 is 5.54 Å². The van der Waals surface area contributed by atoms with Crippen molar-refractivity contribution in [1.29, 1.82) is 0 Å². The van der Waals surface area contributed by atoms with Gasteiger partial charge < -0.3 is 15.2 Å². The predicted molar refractivity (Wildman–Crippen MR) is 105 cm³/mol. The molecule has 1 unspecified atom stereocenters. The number of carbonyl (C=O) groups excluding carboxylic acids is 1. The van der Waals surface area contributed by atoms with Crippen LogP contribution in [0.2, 0.25) is 0 Å². The predicted octanol–water partition coefficient (Wildman–Crippen LogP) is 4.03. The van der Waals surface area contributed by atoms with Crippen molar-refractivity contribution in [2.24, 2.45) is 5.73 Å². The SMILES string of the molecule is CCCC(C)(N)C(=O)N(C)CCCCCc1cc(-c2ccccc2)no1.